The Hall–Kier alpha value is -4.17. The number of para-hydroxylation sites is 1. The zero-order valence-electron chi connectivity index (χ0n) is 19.3. The van der Waals surface area contributed by atoms with Gasteiger partial charge < -0.3 is 14.6 Å². The van der Waals surface area contributed by atoms with Crippen molar-refractivity contribution in [2.24, 2.45) is 0 Å². The maximum Gasteiger partial charge on any atom is 0.301 e. The SMILES string of the molecule is COc1ccc2nc(N3C(=O)C(=O)C(=C(O)c4ccc(C)cc4)C3c3ccccc3OC)sc2c1. The van der Waals surface area contributed by atoms with E-state index in [0.717, 1.165) is 10.3 Å². The molecule has 1 aliphatic heterocycles. The molecular formula is C27H22N2O5S. The van der Waals surface area contributed by atoms with Gasteiger partial charge in [-0.3, -0.25) is 14.5 Å². The maximum absolute atomic E-state index is 13.4. The third kappa shape index (κ3) is 3.81. The van der Waals surface area contributed by atoms with Gasteiger partial charge in [-0.1, -0.05) is 59.4 Å². The normalized spacial score (nSPS) is 17.2. The molecule has 0 saturated carbocycles. The van der Waals surface area contributed by atoms with E-state index in [1.807, 2.05) is 25.1 Å². The minimum Gasteiger partial charge on any atom is -0.507 e. The summed E-state index contributed by atoms with van der Waals surface area (Å²) in [5, 5.41) is 11.6. The van der Waals surface area contributed by atoms with Gasteiger partial charge >= 0.3 is 5.91 Å². The van der Waals surface area contributed by atoms with Crippen LogP contribution in [0.4, 0.5) is 5.13 Å². The first-order valence-corrected chi connectivity index (χ1v) is 11.7. The van der Waals surface area contributed by atoms with Crippen LogP contribution in [0.1, 0.15) is 22.7 Å². The largest absolute Gasteiger partial charge is 0.507 e. The minimum atomic E-state index is -0.921. The van der Waals surface area contributed by atoms with Gasteiger partial charge in [-0.2, -0.15) is 0 Å². The van der Waals surface area contributed by atoms with Crippen molar-refractivity contribution >= 4 is 44.1 Å². The smallest absolute Gasteiger partial charge is 0.301 e. The predicted molar refractivity (Wildman–Crippen MR) is 135 cm³/mol. The van der Waals surface area contributed by atoms with Crippen molar-refractivity contribution in [3.8, 4) is 11.5 Å². The van der Waals surface area contributed by atoms with Crippen LogP contribution < -0.4 is 14.4 Å². The van der Waals surface area contributed by atoms with Crippen LogP contribution in [-0.4, -0.2) is 36.0 Å². The van der Waals surface area contributed by atoms with Crippen molar-refractivity contribution in [3.63, 3.8) is 0 Å². The second-order valence-electron chi connectivity index (χ2n) is 8.11. The van der Waals surface area contributed by atoms with Crippen LogP contribution in [0.15, 0.2) is 72.3 Å². The van der Waals surface area contributed by atoms with Crippen molar-refractivity contribution in [2.45, 2.75) is 13.0 Å². The Morgan fingerprint density at radius 1 is 1.00 bits per heavy atom. The highest BCUT2D eigenvalue weighted by Gasteiger charge is 2.49. The molecule has 8 heteroatoms. The Labute approximate surface area is 205 Å². The third-order valence-corrected chi connectivity index (χ3v) is 7.01. The van der Waals surface area contributed by atoms with Crippen molar-refractivity contribution in [3.05, 3.63) is 89.0 Å². The van der Waals surface area contributed by atoms with E-state index in [1.54, 1.807) is 55.6 Å². The summed E-state index contributed by atoms with van der Waals surface area (Å²) >= 11 is 1.27. The molecule has 1 N–H and O–H groups in total. The van der Waals surface area contributed by atoms with Gasteiger partial charge in [-0.15, -0.1) is 0 Å². The molecule has 176 valence electrons. The molecule has 5 rings (SSSR count). The summed E-state index contributed by atoms with van der Waals surface area (Å²) in [6, 6.07) is 18.8. The standard InChI is InChI=1S/C27H22N2O5S/c1-15-8-10-16(11-9-15)24(30)22-23(18-6-4-5-7-20(18)34-3)29(26(32)25(22)31)27-28-19-13-12-17(33-2)14-21(19)35-27/h4-14,23,30H,1-3H3. The summed E-state index contributed by atoms with van der Waals surface area (Å²) in [6.45, 7) is 1.93. The molecule has 35 heavy (non-hydrogen) atoms. The molecule has 7 nitrogen and oxygen atoms in total. The number of ether oxygens (including phenoxy) is 2. The van der Waals surface area contributed by atoms with Gasteiger partial charge in [0.25, 0.3) is 5.78 Å². The summed E-state index contributed by atoms with van der Waals surface area (Å²) in [6.07, 6.45) is 0. The summed E-state index contributed by atoms with van der Waals surface area (Å²) in [5.41, 5.74) is 2.68. The maximum atomic E-state index is 13.4. The number of nitrogens with zero attached hydrogens (tertiary/aromatic N) is 2. The van der Waals surface area contributed by atoms with Crippen molar-refractivity contribution in [1.29, 1.82) is 0 Å². The van der Waals surface area contributed by atoms with Gasteiger partial charge in [0.1, 0.15) is 23.3 Å². The Morgan fingerprint density at radius 2 is 1.74 bits per heavy atom. The zero-order valence-corrected chi connectivity index (χ0v) is 20.1. The summed E-state index contributed by atoms with van der Waals surface area (Å²) in [7, 11) is 3.10. The Morgan fingerprint density at radius 3 is 2.46 bits per heavy atom. The molecule has 1 unspecified atom stereocenters. The fraction of sp³-hybridized carbons (Fsp3) is 0.148. The molecule has 1 aromatic heterocycles. The molecule has 4 aromatic rings. The Bertz CT molecular complexity index is 1490. The summed E-state index contributed by atoms with van der Waals surface area (Å²) < 4.78 is 11.7. The number of aryl methyl sites for hydroxylation is 1. The second kappa shape index (κ2) is 8.88. The van der Waals surface area contributed by atoms with Gasteiger partial charge in [0.15, 0.2) is 5.13 Å². The van der Waals surface area contributed by atoms with Crippen molar-refractivity contribution in [2.75, 3.05) is 19.1 Å². The molecule has 3 aromatic carbocycles. The monoisotopic (exact) mass is 486 g/mol. The molecule has 0 radical (unpaired) electrons. The highest BCUT2D eigenvalue weighted by molar-refractivity contribution is 7.22. The highest BCUT2D eigenvalue weighted by atomic mass is 32.1. The number of anilines is 1. The van der Waals surface area contributed by atoms with Crippen LogP contribution in [0.25, 0.3) is 16.0 Å². The minimum absolute atomic E-state index is 0.0137. The number of carbonyl (C=O) groups is 2. The average Bonchev–Trinajstić information content (AvgIpc) is 3.41. The van der Waals surface area contributed by atoms with Crippen LogP contribution >= 0.6 is 11.3 Å². The van der Waals surface area contributed by atoms with Gasteiger partial charge in [0.05, 0.1) is 30.0 Å². The topological polar surface area (TPSA) is 89.0 Å². The molecule has 1 fully saturated rings. The van der Waals surface area contributed by atoms with Crippen molar-refractivity contribution in [1.82, 2.24) is 4.98 Å². The van der Waals surface area contributed by atoms with E-state index in [-0.39, 0.29) is 11.3 Å². The van der Waals surface area contributed by atoms with E-state index in [1.165, 1.54) is 23.3 Å². The van der Waals surface area contributed by atoms with Crippen LogP contribution in [0.3, 0.4) is 0 Å². The van der Waals surface area contributed by atoms with E-state index in [0.29, 0.717) is 33.3 Å². The Balaban J connectivity index is 1.74. The van der Waals surface area contributed by atoms with E-state index >= 15 is 0 Å². The van der Waals surface area contributed by atoms with Crippen molar-refractivity contribution < 1.29 is 24.2 Å². The number of amides is 1. The molecule has 0 bridgehead atoms. The average molecular weight is 487 g/mol. The molecule has 1 aliphatic rings. The molecule has 1 saturated heterocycles. The van der Waals surface area contributed by atoms with Crippen LogP contribution in [-0.2, 0) is 9.59 Å². The first-order valence-electron chi connectivity index (χ1n) is 10.9. The molecule has 2 heterocycles. The summed E-state index contributed by atoms with van der Waals surface area (Å²) in [4.78, 5) is 32.8. The van der Waals surface area contributed by atoms with E-state index in [4.69, 9.17) is 9.47 Å². The number of benzene rings is 3. The van der Waals surface area contributed by atoms with E-state index < -0.39 is 17.7 Å². The lowest BCUT2D eigenvalue weighted by Gasteiger charge is -2.24. The number of carbonyl (C=O) groups excluding carboxylic acids is 2. The van der Waals surface area contributed by atoms with E-state index in [9.17, 15) is 14.7 Å². The van der Waals surface area contributed by atoms with Crippen LogP contribution in [0, 0.1) is 6.92 Å². The number of rotatable bonds is 5. The molecule has 1 atom stereocenters. The number of fused-ring (bicyclic) bond motifs is 1. The number of thiazole rings is 1. The van der Waals surface area contributed by atoms with Gasteiger partial charge in [-0.05, 0) is 31.2 Å². The highest BCUT2D eigenvalue weighted by Crippen LogP contribution is 2.46. The van der Waals surface area contributed by atoms with Gasteiger partial charge in [0, 0.05) is 11.1 Å². The fourth-order valence-electron chi connectivity index (χ4n) is 4.21. The fourth-order valence-corrected chi connectivity index (χ4v) is 5.23. The number of aromatic nitrogens is 1. The zero-order chi connectivity index (χ0) is 24.7. The molecule has 0 aliphatic carbocycles. The first kappa shape index (κ1) is 22.6. The number of Topliss-reactive ketones (excluding diaryl/α,β-unsaturated/α-hetero) is 1. The Kier molecular flexibility index (Phi) is 5.74. The quantitative estimate of drug-likeness (QED) is 0.236. The van der Waals surface area contributed by atoms with Gasteiger partial charge in [0.2, 0.25) is 0 Å². The lowest BCUT2D eigenvalue weighted by Crippen LogP contribution is -2.29. The number of methoxy groups -OCH3 is 2. The lowest BCUT2D eigenvalue weighted by atomic mass is 9.94. The number of aliphatic hydroxyl groups excluding tert-OH is 1. The third-order valence-electron chi connectivity index (χ3n) is 5.99. The van der Waals surface area contributed by atoms with Crippen LogP contribution in [0.5, 0.6) is 11.5 Å². The molecule has 1 amide bonds. The lowest BCUT2D eigenvalue weighted by molar-refractivity contribution is -0.132. The molecular weight excluding hydrogens is 464 g/mol. The summed E-state index contributed by atoms with van der Waals surface area (Å²) in [5.74, 6) is -0.640. The molecule has 0 spiro atoms. The van der Waals surface area contributed by atoms with Gasteiger partial charge in [-0.25, -0.2) is 4.98 Å². The first-order chi connectivity index (χ1) is 16.9. The van der Waals surface area contributed by atoms with Crippen LogP contribution in [0.2, 0.25) is 0 Å². The number of ketones is 1. The number of aliphatic hydroxyl groups is 1. The second-order valence-corrected chi connectivity index (χ2v) is 9.12. The predicted octanol–water partition coefficient (Wildman–Crippen LogP) is 5.25. The number of hydrogen-bond acceptors (Lipinski definition) is 7. The van der Waals surface area contributed by atoms with E-state index in [2.05, 4.69) is 4.98 Å². The number of hydrogen-bond donors (Lipinski definition) is 1.